The first-order valence-electron chi connectivity index (χ1n) is 4.45. The Morgan fingerprint density at radius 3 is 3.06 bits per heavy atom. The van der Waals surface area contributed by atoms with Crippen molar-refractivity contribution >= 4 is 5.97 Å². The molecule has 0 radical (unpaired) electrons. The highest BCUT2D eigenvalue weighted by atomic mass is 19.4. The number of rotatable bonds is 1. The van der Waals surface area contributed by atoms with Crippen molar-refractivity contribution in [2.24, 2.45) is 0 Å². The van der Waals surface area contributed by atoms with Crippen molar-refractivity contribution in [1.82, 2.24) is 15.3 Å². The summed E-state index contributed by atoms with van der Waals surface area (Å²) in [6, 6.07) is 0. The van der Waals surface area contributed by atoms with Gasteiger partial charge in [0.05, 0.1) is 23.0 Å². The quantitative estimate of drug-likeness (QED) is 0.623. The Morgan fingerprint density at radius 1 is 1.62 bits per heavy atom. The van der Waals surface area contributed by atoms with E-state index in [0.29, 0.717) is 30.3 Å². The standard InChI is InChI=1S/C7H8F3N4O2/c8-7(9,10)6(15)16-14-5-3-11-1-2-13(5)4-12-14/h4,11H,1-3H2/q+1. The second kappa shape index (κ2) is 3.74. The molecular weight excluding hydrogens is 229 g/mol. The molecule has 0 unspecified atom stereocenters. The number of hydrogen-bond donors (Lipinski definition) is 1. The Kier molecular flexibility index (Phi) is 2.54. The Labute approximate surface area is 87.6 Å². The van der Waals surface area contributed by atoms with E-state index in [9.17, 15) is 18.0 Å². The summed E-state index contributed by atoms with van der Waals surface area (Å²) in [6.07, 6.45) is -3.70. The fraction of sp³-hybridized carbons (Fsp3) is 0.571. The zero-order valence-electron chi connectivity index (χ0n) is 7.99. The molecule has 0 amide bonds. The minimum Gasteiger partial charge on any atom is -0.304 e. The molecule has 0 bridgehead atoms. The second-order valence-corrected chi connectivity index (χ2v) is 3.17. The van der Waals surface area contributed by atoms with Gasteiger partial charge in [-0.25, -0.2) is 14.2 Å². The third kappa shape index (κ3) is 1.98. The molecule has 1 N–H and O–H groups in total. The van der Waals surface area contributed by atoms with E-state index in [1.807, 2.05) is 0 Å². The molecule has 0 aliphatic carbocycles. The van der Waals surface area contributed by atoms with Crippen molar-refractivity contribution in [3.05, 3.63) is 12.2 Å². The third-order valence-corrected chi connectivity index (χ3v) is 2.06. The minimum atomic E-state index is -5.02. The summed E-state index contributed by atoms with van der Waals surface area (Å²) in [5.74, 6) is -1.92. The lowest BCUT2D eigenvalue weighted by molar-refractivity contribution is -0.709. The van der Waals surface area contributed by atoms with Crippen LogP contribution in [-0.2, 0) is 17.9 Å². The largest absolute Gasteiger partial charge is 0.495 e. The highest BCUT2D eigenvalue weighted by Crippen LogP contribution is 2.15. The molecule has 0 spiro atoms. The molecule has 16 heavy (non-hydrogen) atoms. The lowest BCUT2D eigenvalue weighted by Crippen LogP contribution is -2.49. The van der Waals surface area contributed by atoms with Gasteiger partial charge in [0, 0.05) is 6.54 Å². The van der Waals surface area contributed by atoms with Gasteiger partial charge in [0.1, 0.15) is 0 Å². The number of hydrogen-bond acceptors (Lipinski definition) is 4. The Morgan fingerprint density at radius 2 is 2.38 bits per heavy atom. The number of carbonyl (C=O) groups is 1. The first-order chi connectivity index (χ1) is 7.48. The number of fused-ring (bicyclic) bond motifs is 1. The van der Waals surface area contributed by atoms with Crippen LogP contribution in [-0.4, -0.2) is 28.6 Å². The topological polar surface area (TPSA) is 60.0 Å². The smallest absolute Gasteiger partial charge is 0.304 e. The maximum Gasteiger partial charge on any atom is 0.495 e. The average Bonchev–Trinajstić information content (AvgIpc) is 2.61. The molecule has 0 atom stereocenters. The molecule has 2 rings (SSSR count). The van der Waals surface area contributed by atoms with Gasteiger partial charge in [-0.1, -0.05) is 0 Å². The van der Waals surface area contributed by atoms with Crippen LogP contribution in [0.5, 0.6) is 0 Å². The van der Waals surface area contributed by atoms with Crippen molar-refractivity contribution < 1.29 is 27.4 Å². The molecule has 9 heteroatoms. The summed E-state index contributed by atoms with van der Waals surface area (Å²) in [5.41, 5.74) is 0. The molecule has 2 heterocycles. The van der Waals surface area contributed by atoms with E-state index in [0.717, 1.165) is 0 Å². The molecule has 0 saturated carbocycles. The number of halogens is 3. The summed E-state index contributed by atoms with van der Waals surface area (Å²) in [5, 5.41) is 6.47. The zero-order chi connectivity index (χ0) is 11.8. The zero-order valence-corrected chi connectivity index (χ0v) is 7.99. The molecule has 1 aromatic heterocycles. The van der Waals surface area contributed by atoms with Crippen LogP contribution in [0.15, 0.2) is 6.33 Å². The van der Waals surface area contributed by atoms with E-state index in [1.54, 1.807) is 4.57 Å². The van der Waals surface area contributed by atoms with Crippen LogP contribution in [0.2, 0.25) is 0 Å². The molecule has 1 aliphatic rings. The number of carbonyl (C=O) groups excluding carboxylic acids is 1. The molecule has 88 valence electrons. The Balaban J connectivity index is 2.16. The third-order valence-electron chi connectivity index (χ3n) is 2.06. The van der Waals surface area contributed by atoms with Gasteiger partial charge in [-0.15, -0.1) is 0 Å². The van der Waals surface area contributed by atoms with Crippen LogP contribution in [0.4, 0.5) is 13.2 Å². The van der Waals surface area contributed by atoms with E-state index < -0.39 is 12.1 Å². The summed E-state index contributed by atoms with van der Waals surface area (Å²) in [4.78, 5) is 15.3. The van der Waals surface area contributed by atoms with E-state index in [-0.39, 0.29) is 0 Å². The van der Waals surface area contributed by atoms with Crippen molar-refractivity contribution in [3.8, 4) is 0 Å². The summed E-state index contributed by atoms with van der Waals surface area (Å²) < 4.78 is 37.4. The van der Waals surface area contributed by atoms with Gasteiger partial charge in [-0.05, 0) is 0 Å². The molecule has 0 aromatic carbocycles. The van der Waals surface area contributed by atoms with Gasteiger partial charge in [0.2, 0.25) is 0 Å². The summed E-state index contributed by atoms with van der Waals surface area (Å²) >= 11 is 0. The van der Waals surface area contributed by atoms with Crippen LogP contribution in [0, 0.1) is 0 Å². The van der Waals surface area contributed by atoms with Gasteiger partial charge < -0.3 is 5.32 Å². The fourth-order valence-corrected chi connectivity index (χ4v) is 1.31. The number of nitrogens with one attached hydrogen (secondary N) is 1. The number of nitrogens with zero attached hydrogens (tertiary/aromatic N) is 3. The summed E-state index contributed by atoms with van der Waals surface area (Å²) in [7, 11) is 0. The Bertz CT molecular complexity index is 414. The van der Waals surface area contributed by atoms with Crippen molar-refractivity contribution in [2.75, 3.05) is 6.54 Å². The normalized spacial score (nSPS) is 15.7. The Hall–Kier alpha value is -1.64. The number of alkyl halides is 3. The second-order valence-electron chi connectivity index (χ2n) is 3.17. The van der Waals surface area contributed by atoms with E-state index in [1.165, 1.54) is 6.33 Å². The van der Waals surface area contributed by atoms with Crippen molar-refractivity contribution in [2.45, 2.75) is 19.3 Å². The van der Waals surface area contributed by atoms with Gasteiger partial charge >= 0.3 is 12.1 Å². The summed E-state index contributed by atoms with van der Waals surface area (Å²) in [6.45, 7) is 1.56. The predicted octanol–water partition coefficient (Wildman–Crippen LogP) is -1.21. The molecular formula is C7H8F3N4O2+. The lowest BCUT2D eigenvalue weighted by Gasteiger charge is -2.09. The monoisotopic (exact) mass is 237 g/mol. The maximum absolute atomic E-state index is 11.9. The van der Waals surface area contributed by atoms with Gasteiger partial charge in [-0.2, -0.15) is 13.2 Å². The SMILES string of the molecule is O=C(On1nc[n+]2c1CNCC2)C(F)(F)F. The van der Waals surface area contributed by atoms with Crippen LogP contribution in [0.25, 0.3) is 0 Å². The molecule has 1 aliphatic heterocycles. The van der Waals surface area contributed by atoms with Gasteiger partial charge in [-0.3, -0.25) is 0 Å². The van der Waals surface area contributed by atoms with Gasteiger partial charge in [0.15, 0.2) is 0 Å². The van der Waals surface area contributed by atoms with E-state index in [2.05, 4.69) is 15.3 Å². The predicted molar refractivity (Wildman–Crippen MR) is 41.8 cm³/mol. The maximum atomic E-state index is 11.9. The highest BCUT2D eigenvalue weighted by Gasteiger charge is 2.44. The van der Waals surface area contributed by atoms with Crippen LogP contribution in [0.1, 0.15) is 5.82 Å². The number of aromatic nitrogens is 3. The average molecular weight is 237 g/mol. The first-order valence-corrected chi connectivity index (χ1v) is 4.45. The highest BCUT2D eigenvalue weighted by molar-refractivity contribution is 5.75. The minimum absolute atomic E-state index is 0.297. The molecule has 0 saturated heterocycles. The van der Waals surface area contributed by atoms with Crippen LogP contribution in [0.3, 0.4) is 0 Å². The fourth-order valence-electron chi connectivity index (χ4n) is 1.31. The molecule has 0 fully saturated rings. The lowest BCUT2D eigenvalue weighted by atomic mass is 10.4. The first kappa shape index (κ1) is 10.9. The van der Waals surface area contributed by atoms with Crippen molar-refractivity contribution in [1.29, 1.82) is 0 Å². The van der Waals surface area contributed by atoms with Gasteiger partial charge in [0.25, 0.3) is 12.2 Å². The van der Waals surface area contributed by atoms with E-state index in [4.69, 9.17) is 0 Å². The van der Waals surface area contributed by atoms with E-state index >= 15 is 0 Å². The van der Waals surface area contributed by atoms with Crippen LogP contribution >= 0.6 is 0 Å². The van der Waals surface area contributed by atoms with Crippen LogP contribution < -0.4 is 14.7 Å². The molecule has 6 nitrogen and oxygen atoms in total. The molecule has 1 aromatic rings. The van der Waals surface area contributed by atoms with Crippen molar-refractivity contribution in [3.63, 3.8) is 0 Å².